The second-order valence-electron chi connectivity index (χ2n) is 6.46. The zero-order valence-corrected chi connectivity index (χ0v) is 13.6. The van der Waals surface area contributed by atoms with Gasteiger partial charge in [-0.1, -0.05) is 33.8 Å². The molecule has 114 valence electrons. The summed E-state index contributed by atoms with van der Waals surface area (Å²) in [5.74, 6) is -0.190. The molecular formula is C17H28FNO. The van der Waals surface area contributed by atoms with Crippen molar-refractivity contribution in [3.8, 4) is 0 Å². The van der Waals surface area contributed by atoms with Crippen molar-refractivity contribution in [2.45, 2.75) is 53.2 Å². The van der Waals surface area contributed by atoms with Crippen LogP contribution in [0, 0.1) is 18.2 Å². The smallest absolute Gasteiger partial charge is 0.123 e. The van der Waals surface area contributed by atoms with Crippen molar-refractivity contribution in [2.75, 3.05) is 13.7 Å². The van der Waals surface area contributed by atoms with Crippen LogP contribution in [0.5, 0.6) is 0 Å². The van der Waals surface area contributed by atoms with Crippen molar-refractivity contribution in [2.24, 2.45) is 5.41 Å². The number of nitrogens with one attached hydrogen (secondary N) is 1. The predicted molar refractivity (Wildman–Crippen MR) is 82.4 cm³/mol. The molecule has 1 aromatic rings. The first kappa shape index (κ1) is 17.1. The fourth-order valence-electron chi connectivity index (χ4n) is 2.66. The van der Waals surface area contributed by atoms with Crippen LogP contribution in [0.2, 0.25) is 0 Å². The first-order chi connectivity index (χ1) is 9.31. The Bertz CT molecular complexity index is 425. The lowest BCUT2D eigenvalue weighted by molar-refractivity contribution is -0.0120. The normalized spacial score (nSPS) is 15.2. The van der Waals surface area contributed by atoms with Gasteiger partial charge >= 0.3 is 0 Å². The molecule has 0 heterocycles. The third kappa shape index (κ3) is 4.29. The van der Waals surface area contributed by atoms with Crippen LogP contribution in [-0.2, 0) is 4.74 Å². The van der Waals surface area contributed by atoms with Crippen LogP contribution in [0.4, 0.5) is 4.39 Å². The van der Waals surface area contributed by atoms with Crippen molar-refractivity contribution >= 4 is 0 Å². The number of rotatable bonds is 6. The van der Waals surface area contributed by atoms with Crippen LogP contribution in [0.3, 0.4) is 0 Å². The number of ether oxygens (including phenoxy) is 1. The standard InChI is InChI=1S/C17H28FNO/c1-7-10-19-15(16(20-6)17(3,4)5)14-9-8-13(18)11-12(14)2/h8-9,11,15-16,19H,7,10H2,1-6H3. The van der Waals surface area contributed by atoms with Crippen molar-refractivity contribution < 1.29 is 9.13 Å². The van der Waals surface area contributed by atoms with E-state index in [1.807, 2.05) is 13.0 Å². The minimum absolute atomic E-state index is 0.000976. The highest BCUT2D eigenvalue weighted by Gasteiger charge is 2.33. The molecule has 0 aliphatic carbocycles. The monoisotopic (exact) mass is 281 g/mol. The molecular weight excluding hydrogens is 253 g/mol. The van der Waals surface area contributed by atoms with Crippen molar-refractivity contribution in [3.05, 3.63) is 35.1 Å². The topological polar surface area (TPSA) is 21.3 Å². The number of benzene rings is 1. The maximum atomic E-state index is 13.3. The van der Waals surface area contributed by atoms with Gasteiger partial charge in [0.1, 0.15) is 5.82 Å². The van der Waals surface area contributed by atoms with E-state index < -0.39 is 0 Å². The van der Waals surface area contributed by atoms with Gasteiger partial charge in [-0.3, -0.25) is 0 Å². The van der Waals surface area contributed by atoms with Crippen LogP contribution in [0.25, 0.3) is 0 Å². The van der Waals surface area contributed by atoms with Gasteiger partial charge in [-0.2, -0.15) is 0 Å². The van der Waals surface area contributed by atoms with Gasteiger partial charge < -0.3 is 10.1 Å². The molecule has 2 atom stereocenters. The molecule has 0 radical (unpaired) electrons. The van der Waals surface area contributed by atoms with E-state index in [4.69, 9.17) is 4.74 Å². The molecule has 0 aliphatic rings. The quantitative estimate of drug-likeness (QED) is 0.842. The molecule has 0 saturated carbocycles. The maximum Gasteiger partial charge on any atom is 0.123 e. The van der Waals surface area contributed by atoms with Gasteiger partial charge in [0.25, 0.3) is 0 Å². The van der Waals surface area contributed by atoms with Crippen LogP contribution in [0.1, 0.15) is 51.3 Å². The van der Waals surface area contributed by atoms with E-state index in [2.05, 4.69) is 33.0 Å². The van der Waals surface area contributed by atoms with Crippen LogP contribution >= 0.6 is 0 Å². The largest absolute Gasteiger partial charge is 0.379 e. The van der Waals surface area contributed by atoms with Crippen molar-refractivity contribution in [1.82, 2.24) is 5.32 Å². The first-order valence-electron chi connectivity index (χ1n) is 7.33. The van der Waals surface area contributed by atoms with E-state index >= 15 is 0 Å². The molecule has 1 rings (SSSR count). The fraction of sp³-hybridized carbons (Fsp3) is 0.647. The molecule has 0 amide bonds. The number of hydrogen-bond donors (Lipinski definition) is 1. The van der Waals surface area contributed by atoms with Gasteiger partial charge in [-0.15, -0.1) is 0 Å². The van der Waals surface area contributed by atoms with E-state index in [0.29, 0.717) is 0 Å². The highest BCUT2D eigenvalue weighted by molar-refractivity contribution is 5.30. The zero-order chi connectivity index (χ0) is 15.3. The van der Waals surface area contributed by atoms with Crippen molar-refractivity contribution in [3.63, 3.8) is 0 Å². The van der Waals surface area contributed by atoms with E-state index in [1.54, 1.807) is 13.2 Å². The van der Waals surface area contributed by atoms with Gasteiger partial charge in [0, 0.05) is 7.11 Å². The molecule has 0 spiro atoms. The number of hydrogen-bond acceptors (Lipinski definition) is 2. The summed E-state index contributed by atoms with van der Waals surface area (Å²) >= 11 is 0. The molecule has 0 fully saturated rings. The second kappa shape index (κ2) is 7.19. The second-order valence-corrected chi connectivity index (χ2v) is 6.46. The SMILES string of the molecule is CCCNC(c1ccc(F)cc1C)C(OC)C(C)(C)C. The van der Waals surface area contributed by atoms with Crippen LogP contribution in [0.15, 0.2) is 18.2 Å². The Kier molecular flexibility index (Phi) is 6.15. The molecule has 2 unspecified atom stereocenters. The molecule has 0 saturated heterocycles. The molecule has 0 aromatic heterocycles. The Hall–Kier alpha value is -0.930. The van der Waals surface area contributed by atoms with E-state index in [1.165, 1.54) is 6.07 Å². The summed E-state index contributed by atoms with van der Waals surface area (Å²) in [6.07, 6.45) is 1.08. The lowest BCUT2D eigenvalue weighted by atomic mass is 9.81. The lowest BCUT2D eigenvalue weighted by Crippen LogP contribution is -2.42. The third-order valence-corrected chi connectivity index (χ3v) is 3.59. The zero-order valence-electron chi connectivity index (χ0n) is 13.6. The van der Waals surface area contributed by atoms with Crippen LogP contribution in [-0.4, -0.2) is 19.8 Å². The summed E-state index contributed by atoms with van der Waals surface area (Å²) in [5, 5.41) is 3.56. The molecule has 2 nitrogen and oxygen atoms in total. The Balaban J connectivity index is 3.16. The van der Waals surface area contributed by atoms with Gasteiger partial charge in [0.15, 0.2) is 0 Å². The van der Waals surface area contributed by atoms with E-state index in [0.717, 1.165) is 24.1 Å². The molecule has 20 heavy (non-hydrogen) atoms. The van der Waals surface area contributed by atoms with Gasteiger partial charge in [0.05, 0.1) is 12.1 Å². The molecule has 1 N–H and O–H groups in total. The average molecular weight is 281 g/mol. The Morgan fingerprint density at radius 2 is 1.95 bits per heavy atom. The predicted octanol–water partition coefficient (Wildman–Crippen LogP) is 4.24. The number of halogens is 1. The van der Waals surface area contributed by atoms with Crippen molar-refractivity contribution in [1.29, 1.82) is 0 Å². The Labute approximate surface area is 122 Å². The third-order valence-electron chi connectivity index (χ3n) is 3.59. The number of methoxy groups -OCH3 is 1. The minimum atomic E-state index is -0.190. The van der Waals surface area contributed by atoms with E-state index in [9.17, 15) is 4.39 Å². The summed E-state index contributed by atoms with van der Waals surface area (Å²) in [7, 11) is 1.75. The number of aryl methyl sites for hydroxylation is 1. The summed E-state index contributed by atoms with van der Waals surface area (Å²) < 4.78 is 19.1. The minimum Gasteiger partial charge on any atom is -0.379 e. The van der Waals surface area contributed by atoms with Crippen LogP contribution < -0.4 is 5.32 Å². The van der Waals surface area contributed by atoms with Gasteiger partial charge in [-0.25, -0.2) is 4.39 Å². The summed E-state index contributed by atoms with van der Waals surface area (Å²) in [4.78, 5) is 0. The molecule has 0 bridgehead atoms. The summed E-state index contributed by atoms with van der Waals surface area (Å²) in [5.41, 5.74) is 2.08. The first-order valence-corrected chi connectivity index (χ1v) is 7.33. The average Bonchev–Trinajstić information content (AvgIpc) is 2.33. The highest BCUT2D eigenvalue weighted by atomic mass is 19.1. The molecule has 1 aromatic carbocycles. The lowest BCUT2D eigenvalue weighted by Gasteiger charge is -2.37. The maximum absolute atomic E-state index is 13.3. The van der Waals surface area contributed by atoms with E-state index in [-0.39, 0.29) is 23.4 Å². The summed E-state index contributed by atoms with van der Waals surface area (Å²) in [6.45, 7) is 11.5. The molecule has 3 heteroatoms. The van der Waals surface area contributed by atoms with Gasteiger partial charge in [0.2, 0.25) is 0 Å². The molecule has 0 aliphatic heterocycles. The highest BCUT2D eigenvalue weighted by Crippen LogP contribution is 2.34. The summed E-state index contributed by atoms with van der Waals surface area (Å²) in [6, 6.07) is 5.06. The Morgan fingerprint density at radius 3 is 2.40 bits per heavy atom. The van der Waals surface area contributed by atoms with Gasteiger partial charge in [-0.05, 0) is 48.6 Å². The Morgan fingerprint density at radius 1 is 1.30 bits per heavy atom. The fourth-order valence-corrected chi connectivity index (χ4v) is 2.66.